The molecule has 0 spiro atoms. The Bertz CT molecular complexity index is 85.7. The molecule has 0 radical (unpaired) electrons. The summed E-state index contributed by atoms with van der Waals surface area (Å²) in [6.45, 7) is 7.22. The maximum atomic E-state index is 5.71. The Morgan fingerprint density at radius 2 is 1.80 bits per heavy atom. The predicted molar refractivity (Wildman–Crippen MR) is 47.6 cm³/mol. The normalized spacial score (nSPS) is 14.7. The topological polar surface area (TPSA) is 3.24 Å². The van der Waals surface area contributed by atoms with Gasteiger partial charge in [-0.25, -0.2) is 0 Å². The highest BCUT2D eigenvalue weighted by atomic mass is 35.5. The molecule has 0 aromatic rings. The molecule has 3 heteroatoms. The predicted octanol–water partition coefficient (Wildman–Crippen LogP) is 2.87. The van der Waals surface area contributed by atoms with Gasteiger partial charge in [0, 0.05) is 6.04 Å². The second kappa shape index (κ2) is 5.22. The van der Waals surface area contributed by atoms with E-state index in [1.54, 1.807) is 0 Å². The molecule has 10 heavy (non-hydrogen) atoms. The molecule has 0 aromatic carbocycles. The highest BCUT2D eigenvalue weighted by Crippen LogP contribution is 2.14. The van der Waals surface area contributed by atoms with Crippen LogP contribution >= 0.6 is 23.2 Å². The van der Waals surface area contributed by atoms with Crippen LogP contribution in [0.5, 0.6) is 0 Å². The van der Waals surface area contributed by atoms with E-state index in [1.807, 2.05) is 4.90 Å². The van der Waals surface area contributed by atoms with Crippen LogP contribution in [0.2, 0.25) is 0 Å². The number of alkyl halides is 2. The Balaban J connectivity index is 3.80. The molecule has 0 saturated heterocycles. The van der Waals surface area contributed by atoms with E-state index in [9.17, 15) is 0 Å². The van der Waals surface area contributed by atoms with Gasteiger partial charge in [-0.2, -0.15) is 0 Å². The first-order valence-corrected chi connectivity index (χ1v) is 4.54. The van der Waals surface area contributed by atoms with Crippen molar-refractivity contribution < 1.29 is 0 Å². The number of rotatable bonds is 4. The molecule has 0 saturated carbocycles. The SMILES string of the molecule is CCC(C)N(CC)C(Cl)Cl. The van der Waals surface area contributed by atoms with Crippen molar-refractivity contribution in [3.63, 3.8) is 0 Å². The molecule has 0 amide bonds. The van der Waals surface area contributed by atoms with E-state index in [-0.39, 0.29) is 4.96 Å². The van der Waals surface area contributed by atoms with Crippen molar-refractivity contribution in [1.82, 2.24) is 4.90 Å². The van der Waals surface area contributed by atoms with Crippen molar-refractivity contribution in [2.24, 2.45) is 0 Å². The fourth-order valence-electron chi connectivity index (χ4n) is 0.877. The molecule has 1 nitrogen and oxygen atoms in total. The summed E-state index contributed by atoms with van der Waals surface area (Å²) in [6, 6.07) is 0.477. The lowest BCUT2D eigenvalue weighted by Gasteiger charge is -2.27. The first-order chi connectivity index (χ1) is 4.63. The van der Waals surface area contributed by atoms with E-state index < -0.39 is 0 Å². The van der Waals surface area contributed by atoms with Gasteiger partial charge in [-0.3, -0.25) is 4.90 Å². The Hall–Kier alpha value is 0.540. The number of hydrogen-bond donors (Lipinski definition) is 0. The fraction of sp³-hybridized carbons (Fsp3) is 1.00. The molecule has 1 unspecified atom stereocenters. The minimum absolute atomic E-state index is 0.361. The minimum atomic E-state index is -0.361. The van der Waals surface area contributed by atoms with Gasteiger partial charge in [0.2, 0.25) is 0 Å². The lowest BCUT2D eigenvalue weighted by molar-refractivity contribution is 0.232. The lowest BCUT2D eigenvalue weighted by Crippen LogP contribution is -2.35. The third-order valence-electron chi connectivity index (χ3n) is 1.77. The maximum Gasteiger partial charge on any atom is 0.160 e. The summed E-state index contributed by atoms with van der Waals surface area (Å²) in [5, 5.41) is 0. The van der Waals surface area contributed by atoms with Crippen LogP contribution in [0.15, 0.2) is 0 Å². The van der Waals surface area contributed by atoms with Gasteiger partial charge in [-0.05, 0) is 19.9 Å². The average Bonchev–Trinajstić information content (AvgIpc) is 1.88. The van der Waals surface area contributed by atoms with Gasteiger partial charge in [0.1, 0.15) is 0 Å². The van der Waals surface area contributed by atoms with E-state index in [0.717, 1.165) is 13.0 Å². The van der Waals surface area contributed by atoms with Crippen molar-refractivity contribution in [3.05, 3.63) is 0 Å². The second-order valence-corrected chi connectivity index (χ2v) is 3.42. The van der Waals surface area contributed by atoms with Crippen LogP contribution in [0.3, 0.4) is 0 Å². The molecular formula is C7H15Cl2N. The van der Waals surface area contributed by atoms with E-state index >= 15 is 0 Å². The summed E-state index contributed by atoms with van der Waals surface area (Å²) in [5.74, 6) is 0. The summed E-state index contributed by atoms with van der Waals surface area (Å²) < 4.78 is 0. The molecule has 0 aliphatic carbocycles. The summed E-state index contributed by atoms with van der Waals surface area (Å²) in [6.07, 6.45) is 1.09. The largest absolute Gasteiger partial charge is 0.273 e. The van der Waals surface area contributed by atoms with Gasteiger partial charge < -0.3 is 0 Å². The zero-order chi connectivity index (χ0) is 8.15. The summed E-state index contributed by atoms with van der Waals surface area (Å²) in [4.78, 5) is 1.68. The lowest BCUT2D eigenvalue weighted by atomic mass is 10.2. The Morgan fingerprint density at radius 1 is 1.30 bits per heavy atom. The fourth-order valence-corrected chi connectivity index (χ4v) is 1.54. The third kappa shape index (κ3) is 3.09. The molecular weight excluding hydrogens is 169 g/mol. The van der Waals surface area contributed by atoms with E-state index in [0.29, 0.717) is 6.04 Å². The molecule has 0 fully saturated rings. The van der Waals surface area contributed by atoms with E-state index in [4.69, 9.17) is 23.2 Å². The highest BCUT2D eigenvalue weighted by molar-refractivity contribution is 6.43. The average molecular weight is 184 g/mol. The van der Waals surface area contributed by atoms with Gasteiger partial charge in [-0.15, -0.1) is 0 Å². The molecule has 0 heterocycles. The third-order valence-corrected chi connectivity index (χ3v) is 2.27. The van der Waals surface area contributed by atoms with Crippen molar-refractivity contribution in [1.29, 1.82) is 0 Å². The molecule has 1 atom stereocenters. The first-order valence-electron chi connectivity index (χ1n) is 3.67. The molecule has 0 N–H and O–H groups in total. The standard InChI is InChI=1S/C7H15Cl2N/c1-4-6(3)10(5-2)7(8)9/h6-7H,4-5H2,1-3H3. The van der Waals surface area contributed by atoms with Crippen molar-refractivity contribution in [2.45, 2.75) is 38.2 Å². The zero-order valence-corrected chi connectivity index (χ0v) is 8.28. The van der Waals surface area contributed by atoms with Gasteiger partial charge in [0.05, 0.1) is 0 Å². The van der Waals surface area contributed by atoms with Crippen LogP contribution in [0.1, 0.15) is 27.2 Å². The van der Waals surface area contributed by atoms with Crippen LogP contribution < -0.4 is 0 Å². The molecule has 0 bridgehead atoms. The summed E-state index contributed by atoms with van der Waals surface area (Å²) >= 11 is 11.4. The zero-order valence-electron chi connectivity index (χ0n) is 6.77. The van der Waals surface area contributed by atoms with Crippen molar-refractivity contribution in [2.75, 3.05) is 6.54 Å². The molecule has 0 aliphatic rings. The molecule has 0 aromatic heterocycles. The quantitative estimate of drug-likeness (QED) is 0.479. The smallest absolute Gasteiger partial charge is 0.160 e. The van der Waals surface area contributed by atoms with E-state index in [1.165, 1.54) is 0 Å². The second-order valence-electron chi connectivity index (χ2n) is 2.37. The van der Waals surface area contributed by atoms with Crippen LogP contribution in [0.25, 0.3) is 0 Å². The van der Waals surface area contributed by atoms with Crippen LogP contribution in [-0.2, 0) is 0 Å². The summed E-state index contributed by atoms with van der Waals surface area (Å²) in [7, 11) is 0. The number of halogens is 2. The van der Waals surface area contributed by atoms with E-state index in [2.05, 4.69) is 20.8 Å². The van der Waals surface area contributed by atoms with Crippen LogP contribution in [0.4, 0.5) is 0 Å². The maximum absolute atomic E-state index is 5.71. The van der Waals surface area contributed by atoms with Crippen molar-refractivity contribution >= 4 is 23.2 Å². The van der Waals surface area contributed by atoms with Gasteiger partial charge in [-0.1, -0.05) is 37.0 Å². The molecule has 0 aliphatic heterocycles. The van der Waals surface area contributed by atoms with Gasteiger partial charge >= 0.3 is 0 Å². The van der Waals surface area contributed by atoms with Crippen LogP contribution in [0, 0.1) is 0 Å². The number of hydrogen-bond acceptors (Lipinski definition) is 1. The van der Waals surface area contributed by atoms with Crippen LogP contribution in [-0.4, -0.2) is 22.4 Å². The first kappa shape index (κ1) is 10.5. The Kier molecular flexibility index (Phi) is 5.51. The van der Waals surface area contributed by atoms with Gasteiger partial charge in [0.15, 0.2) is 4.96 Å². The molecule has 0 rings (SSSR count). The van der Waals surface area contributed by atoms with Gasteiger partial charge in [0.25, 0.3) is 0 Å². The molecule has 62 valence electrons. The summed E-state index contributed by atoms with van der Waals surface area (Å²) in [5.41, 5.74) is 0. The van der Waals surface area contributed by atoms with Crippen molar-refractivity contribution in [3.8, 4) is 0 Å². The number of nitrogens with zero attached hydrogens (tertiary/aromatic N) is 1. The Morgan fingerprint density at radius 3 is 1.90 bits per heavy atom. The highest BCUT2D eigenvalue weighted by Gasteiger charge is 2.15. The Labute approximate surface area is 73.3 Å². The monoisotopic (exact) mass is 183 g/mol. The minimum Gasteiger partial charge on any atom is -0.273 e.